The van der Waals surface area contributed by atoms with E-state index in [1.807, 2.05) is 36.5 Å². The van der Waals surface area contributed by atoms with Crippen molar-refractivity contribution in [2.45, 2.75) is 13.0 Å². The number of anilines is 1. The number of nitrogens with one attached hydrogen (secondary N) is 1. The molecule has 0 aromatic heterocycles. The van der Waals surface area contributed by atoms with Gasteiger partial charge >= 0.3 is 0 Å². The standard InChI is InChI=1S/C20H18ClN3O3/c1-13(16-8-4-6-14-5-2-3-7-17(14)16)22-12-20(25)23-18-10-9-15(21)11-19(18)24(26)27/h2-11,13,22H,12H2,1H3,(H,23,25)/p+1/t13-/m1/s1. The van der Waals surface area contributed by atoms with E-state index in [2.05, 4.69) is 23.5 Å². The largest absolute Gasteiger partial charge is 0.332 e. The molecule has 0 aliphatic rings. The molecule has 6 nitrogen and oxygen atoms in total. The molecular weight excluding hydrogens is 366 g/mol. The van der Waals surface area contributed by atoms with E-state index in [1.165, 1.54) is 18.2 Å². The van der Waals surface area contributed by atoms with Crippen molar-refractivity contribution in [3.05, 3.63) is 81.4 Å². The Morgan fingerprint density at radius 2 is 1.93 bits per heavy atom. The Balaban J connectivity index is 1.68. The first kappa shape index (κ1) is 18.8. The van der Waals surface area contributed by atoms with E-state index in [-0.39, 0.29) is 34.9 Å². The zero-order valence-electron chi connectivity index (χ0n) is 14.7. The molecule has 0 fully saturated rings. The van der Waals surface area contributed by atoms with Crippen molar-refractivity contribution in [1.29, 1.82) is 0 Å². The van der Waals surface area contributed by atoms with E-state index >= 15 is 0 Å². The van der Waals surface area contributed by atoms with Gasteiger partial charge in [0.05, 0.1) is 4.92 Å². The molecule has 27 heavy (non-hydrogen) atoms. The van der Waals surface area contributed by atoms with Crippen LogP contribution in [0.15, 0.2) is 60.7 Å². The van der Waals surface area contributed by atoms with Crippen molar-refractivity contribution in [1.82, 2.24) is 0 Å². The maximum absolute atomic E-state index is 12.3. The van der Waals surface area contributed by atoms with Crippen molar-refractivity contribution in [3.63, 3.8) is 0 Å². The fourth-order valence-electron chi connectivity index (χ4n) is 3.02. The lowest BCUT2D eigenvalue weighted by Crippen LogP contribution is -2.86. The normalized spacial score (nSPS) is 11.9. The molecule has 138 valence electrons. The van der Waals surface area contributed by atoms with Crippen LogP contribution < -0.4 is 10.6 Å². The molecule has 3 aromatic rings. The predicted molar refractivity (Wildman–Crippen MR) is 106 cm³/mol. The van der Waals surface area contributed by atoms with E-state index in [4.69, 9.17) is 11.6 Å². The monoisotopic (exact) mass is 384 g/mol. The highest BCUT2D eigenvalue weighted by molar-refractivity contribution is 6.31. The van der Waals surface area contributed by atoms with Crippen LogP contribution in [-0.4, -0.2) is 17.4 Å². The second-order valence-corrected chi connectivity index (χ2v) is 6.70. The Hall–Kier alpha value is -2.96. The van der Waals surface area contributed by atoms with Crippen molar-refractivity contribution in [2.75, 3.05) is 11.9 Å². The highest BCUT2D eigenvalue weighted by atomic mass is 35.5. The molecule has 0 spiro atoms. The quantitative estimate of drug-likeness (QED) is 0.502. The SMILES string of the molecule is C[C@@H]([NH2+]CC(=O)Nc1ccc(Cl)cc1[N+](=O)[O-])c1cccc2ccccc12. The summed E-state index contributed by atoms with van der Waals surface area (Å²) in [6.45, 7) is 2.17. The van der Waals surface area contributed by atoms with Crippen LogP contribution in [0.2, 0.25) is 5.02 Å². The summed E-state index contributed by atoms with van der Waals surface area (Å²) in [5, 5.41) is 18.2. The van der Waals surface area contributed by atoms with Gasteiger partial charge in [-0.05, 0) is 29.8 Å². The highest BCUT2D eigenvalue weighted by Gasteiger charge is 2.18. The smallest absolute Gasteiger partial charge is 0.294 e. The molecule has 7 heteroatoms. The van der Waals surface area contributed by atoms with Gasteiger partial charge in [-0.3, -0.25) is 14.9 Å². The molecule has 3 N–H and O–H groups in total. The lowest BCUT2D eigenvalue weighted by Gasteiger charge is -2.14. The summed E-state index contributed by atoms with van der Waals surface area (Å²) >= 11 is 5.79. The number of quaternary nitrogens is 1. The Labute approximate surface area is 161 Å². The fourth-order valence-corrected chi connectivity index (χ4v) is 3.19. The predicted octanol–water partition coefficient (Wildman–Crippen LogP) is 3.66. The van der Waals surface area contributed by atoms with Crippen molar-refractivity contribution in [3.8, 4) is 0 Å². The summed E-state index contributed by atoms with van der Waals surface area (Å²) in [6, 6.07) is 18.4. The molecule has 0 aliphatic heterocycles. The van der Waals surface area contributed by atoms with Gasteiger partial charge in [-0.25, -0.2) is 0 Å². The summed E-state index contributed by atoms with van der Waals surface area (Å²) in [7, 11) is 0. The Bertz CT molecular complexity index is 1000. The average Bonchev–Trinajstić information content (AvgIpc) is 2.67. The topological polar surface area (TPSA) is 88.8 Å². The number of halogens is 1. The van der Waals surface area contributed by atoms with Gasteiger partial charge in [-0.1, -0.05) is 54.1 Å². The lowest BCUT2D eigenvalue weighted by molar-refractivity contribution is -0.682. The number of carbonyl (C=O) groups is 1. The number of rotatable bonds is 6. The number of nitro groups is 1. The second-order valence-electron chi connectivity index (χ2n) is 6.26. The molecule has 0 unspecified atom stereocenters. The van der Waals surface area contributed by atoms with Crippen LogP contribution >= 0.6 is 11.6 Å². The molecule has 0 radical (unpaired) electrons. The van der Waals surface area contributed by atoms with E-state index in [9.17, 15) is 14.9 Å². The first-order chi connectivity index (χ1) is 13.0. The molecular formula is C20H19ClN3O3+. The van der Waals surface area contributed by atoms with Gasteiger partial charge in [-0.15, -0.1) is 0 Å². The molecule has 1 amide bonds. The summed E-state index contributed by atoms with van der Waals surface area (Å²) in [6.07, 6.45) is 0. The van der Waals surface area contributed by atoms with Crippen LogP contribution in [0.25, 0.3) is 10.8 Å². The van der Waals surface area contributed by atoms with Crippen LogP contribution in [0.3, 0.4) is 0 Å². The van der Waals surface area contributed by atoms with E-state index in [0.717, 1.165) is 16.3 Å². The van der Waals surface area contributed by atoms with Crippen molar-refractivity contribution in [2.24, 2.45) is 0 Å². The Morgan fingerprint density at radius 3 is 2.70 bits per heavy atom. The number of hydrogen-bond acceptors (Lipinski definition) is 3. The molecule has 0 aliphatic carbocycles. The maximum atomic E-state index is 12.3. The number of carbonyl (C=O) groups excluding carboxylic acids is 1. The van der Waals surface area contributed by atoms with Gasteiger partial charge < -0.3 is 10.6 Å². The van der Waals surface area contributed by atoms with E-state index in [0.29, 0.717) is 0 Å². The van der Waals surface area contributed by atoms with Crippen LogP contribution in [0.4, 0.5) is 11.4 Å². The first-order valence-electron chi connectivity index (χ1n) is 8.50. The Kier molecular flexibility index (Phi) is 5.69. The maximum Gasteiger partial charge on any atom is 0.294 e. The molecule has 3 rings (SSSR count). The third-order valence-electron chi connectivity index (χ3n) is 4.40. The van der Waals surface area contributed by atoms with Crippen LogP contribution in [0.5, 0.6) is 0 Å². The number of hydrogen-bond donors (Lipinski definition) is 2. The zero-order chi connectivity index (χ0) is 19.4. The minimum absolute atomic E-state index is 0.0575. The summed E-state index contributed by atoms with van der Waals surface area (Å²) in [4.78, 5) is 22.8. The molecule has 0 bridgehead atoms. The fraction of sp³-hybridized carbons (Fsp3) is 0.150. The number of nitrogens with zero attached hydrogens (tertiary/aromatic N) is 1. The Morgan fingerprint density at radius 1 is 1.19 bits per heavy atom. The molecule has 0 heterocycles. The lowest BCUT2D eigenvalue weighted by atomic mass is 10.00. The molecule has 0 saturated carbocycles. The van der Waals surface area contributed by atoms with Gasteiger partial charge in [0.2, 0.25) is 0 Å². The van der Waals surface area contributed by atoms with Crippen LogP contribution in [0, 0.1) is 10.1 Å². The number of benzene rings is 3. The average molecular weight is 385 g/mol. The third kappa shape index (κ3) is 4.42. The van der Waals surface area contributed by atoms with E-state index < -0.39 is 4.92 Å². The van der Waals surface area contributed by atoms with Gasteiger partial charge in [-0.2, -0.15) is 0 Å². The van der Waals surface area contributed by atoms with Crippen molar-refractivity contribution < 1.29 is 15.0 Å². The minimum atomic E-state index is -0.566. The van der Waals surface area contributed by atoms with Gasteiger partial charge in [0.25, 0.3) is 11.6 Å². The summed E-state index contributed by atoms with van der Waals surface area (Å²) < 4.78 is 0. The van der Waals surface area contributed by atoms with Crippen molar-refractivity contribution >= 4 is 39.7 Å². The number of amides is 1. The number of nitrogens with two attached hydrogens (primary N) is 1. The molecule has 3 aromatic carbocycles. The van der Waals surface area contributed by atoms with Gasteiger partial charge in [0.1, 0.15) is 11.7 Å². The highest BCUT2D eigenvalue weighted by Crippen LogP contribution is 2.27. The first-order valence-corrected chi connectivity index (χ1v) is 8.88. The zero-order valence-corrected chi connectivity index (χ0v) is 15.4. The van der Waals surface area contributed by atoms with Gasteiger partial charge in [0, 0.05) is 16.7 Å². The summed E-state index contributed by atoms with van der Waals surface area (Å²) in [5.74, 6) is -0.312. The molecule has 1 atom stereocenters. The molecule has 0 saturated heterocycles. The van der Waals surface area contributed by atoms with Crippen LogP contribution in [-0.2, 0) is 4.79 Å². The number of fused-ring (bicyclic) bond motifs is 1. The van der Waals surface area contributed by atoms with E-state index in [1.54, 1.807) is 0 Å². The minimum Gasteiger partial charge on any atom is -0.332 e. The van der Waals surface area contributed by atoms with Crippen LogP contribution in [0.1, 0.15) is 18.5 Å². The summed E-state index contributed by atoms with van der Waals surface area (Å²) in [5.41, 5.74) is 1.05. The number of nitro benzene ring substituents is 1. The second kappa shape index (κ2) is 8.16. The van der Waals surface area contributed by atoms with Gasteiger partial charge in [0.15, 0.2) is 6.54 Å². The third-order valence-corrected chi connectivity index (χ3v) is 4.64.